The Bertz CT molecular complexity index is 538. The lowest BCUT2D eigenvalue weighted by Gasteiger charge is -2.24. The standard InChI is InChI=1S/C16H20FNO3/c1-11(12-6-2-3-7-13(12)17)18-14(19)10-16(15(20)21)8-4-5-9-16/h2-3,6-7,11H,4-5,8-10H2,1H3,(H,18,19)(H,20,21)/t11-/m0/s1. The zero-order chi connectivity index (χ0) is 15.5. The molecular weight excluding hydrogens is 273 g/mol. The summed E-state index contributed by atoms with van der Waals surface area (Å²) in [6, 6.07) is 5.77. The van der Waals surface area contributed by atoms with Crippen LogP contribution in [0, 0.1) is 11.2 Å². The molecule has 0 saturated heterocycles. The van der Waals surface area contributed by atoms with Crippen LogP contribution in [0.25, 0.3) is 0 Å². The number of benzene rings is 1. The third-order valence-electron chi connectivity index (χ3n) is 4.26. The second kappa shape index (κ2) is 6.24. The molecule has 114 valence electrons. The summed E-state index contributed by atoms with van der Waals surface area (Å²) in [5, 5.41) is 12.1. The van der Waals surface area contributed by atoms with Gasteiger partial charge in [-0.15, -0.1) is 0 Å². The molecule has 21 heavy (non-hydrogen) atoms. The van der Waals surface area contributed by atoms with Crippen molar-refractivity contribution < 1.29 is 19.1 Å². The average Bonchev–Trinajstić information content (AvgIpc) is 2.88. The molecule has 2 rings (SSSR count). The normalized spacial score (nSPS) is 18.2. The van der Waals surface area contributed by atoms with Crippen molar-refractivity contribution in [3.05, 3.63) is 35.6 Å². The third kappa shape index (κ3) is 3.40. The van der Waals surface area contributed by atoms with Gasteiger partial charge in [0.15, 0.2) is 0 Å². The van der Waals surface area contributed by atoms with E-state index in [1.807, 2.05) is 0 Å². The molecule has 1 aromatic rings. The van der Waals surface area contributed by atoms with Gasteiger partial charge in [0.25, 0.3) is 0 Å². The lowest BCUT2D eigenvalue weighted by Crippen LogP contribution is -2.36. The molecule has 0 aromatic heterocycles. The fraction of sp³-hybridized carbons (Fsp3) is 0.500. The topological polar surface area (TPSA) is 66.4 Å². The second-order valence-electron chi connectivity index (χ2n) is 5.78. The van der Waals surface area contributed by atoms with Gasteiger partial charge in [0, 0.05) is 12.0 Å². The van der Waals surface area contributed by atoms with Gasteiger partial charge in [0.2, 0.25) is 5.91 Å². The summed E-state index contributed by atoms with van der Waals surface area (Å²) < 4.78 is 13.7. The van der Waals surface area contributed by atoms with Gasteiger partial charge in [0.1, 0.15) is 5.82 Å². The van der Waals surface area contributed by atoms with E-state index in [4.69, 9.17) is 0 Å². The number of rotatable bonds is 5. The molecule has 1 aliphatic rings. The summed E-state index contributed by atoms with van der Waals surface area (Å²) in [7, 11) is 0. The fourth-order valence-corrected chi connectivity index (χ4v) is 3.02. The van der Waals surface area contributed by atoms with Gasteiger partial charge in [0.05, 0.1) is 11.5 Å². The zero-order valence-corrected chi connectivity index (χ0v) is 12.1. The molecule has 0 heterocycles. The molecule has 5 heteroatoms. The van der Waals surface area contributed by atoms with Crippen molar-refractivity contribution in [1.29, 1.82) is 0 Å². The molecule has 4 nitrogen and oxygen atoms in total. The Morgan fingerprint density at radius 1 is 1.33 bits per heavy atom. The molecule has 0 unspecified atom stereocenters. The van der Waals surface area contributed by atoms with Crippen molar-refractivity contribution in [2.45, 2.75) is 45.1 Å². The monoisotopic (exact) mass is 293 g/mol. The van der Waals surface area contributed by atoms with Crippen molar-refractivity contribution in [2.75, 3.05) is 0 Å². The smallest absolute Gasteiger partial charge is 0.310 e. The van der Waals surface area contributed by atoms with Gasteiger partial charge in [-0.3, -0.25) is 9.59 Å². The SMILES string of the molecule is C[C@H](NC(=O)CC1(C(=O)O)CCCC1)c1ccccc1F. The molecule has 1 aliphatic carbocycles. The molecule has 1 amide bonds. The Kier molecular flexibility index (Phi) is 4.60. The van der Waals surface area contributed by atoms with Crippen LogP contribution in [0.4, 0.5) is 4.39 Å². The van der Waals surface area contributed by atoms with E-state index in [1.54, 1.807) is 25.1 Å². The van der Waals surface area contributed by atoms with E-state index in [1.165, 1.54) is 6.07 Å². The predicted molar refractivity (Wildman–Crippen MR) is 76.1 cm³/mol. The summed E-state index contributed by atoms with van der Waals surface area (Å²) >= 11 is 0. The highest BCUT2D eigenvalue weighted by Gasteiger charge is 2.43. The zero-order valence-electron chi connectivity index (χ0n) is 12.1. The van der Waals surface area contributed by atoms with Gasteiger partial charge in [-0.05, 0) is 25.8 Å². The first-order chi connectivity index (χ1) is 9.94. The number of carboxylic acid groups (broad SMARTS) is 1. The number of hydrogen-bond donors (Lipinski definition) is 2. The minimum absolute atomic E-state index is 0.0405. The number of nitrogens with one attached hydrogen (secondary N) is 1. The number of halogens is 1. The van der Waals surface area contributed by atoms with Crippen molar-refractivity contribution in [2.24, 2.45) is 5.41 Å². The fourth-order valence-electron chi connectivity index (χ4n) is 3.02. The molecule has 1 aromatic carbocycles. The maximum Gasteiger partial charge on any atom is 0.310 e. The first-order valence-corrected chi connectivity index (χ1v) is 7.22. The van der Waals surface area contributed by atoms with Crippen LogP contribution < -0.4 is 5.32 Å². The number of aliphatic carboxylic acids is 1. The van der Waals surface area contributed by atoms with E-state index >= 15 is 0 Å². The van der Waals surface area contributed by atoms with Crippen LogP contribution in [-0.2, 0) is 9.59 Å². The van der Waals surface area contributed by atoms with Gasteiger partial charge < -0.3 is 10.4 Å². The molecule has 0 bridgehead atoms. The molecular formula is C16H20FNO3. The number of carboxylic acids is 1. The Balaban J connectivity index is 2.01. The Morgan fingerprint density at radius 3 is 2.52 bits per heavy atom. The second-order valence-corrected chi connectivity index (χ2v) is 5.78. The van der Waals surface area contributed by atoms with Gasteiger partial charge in [-0.25, -0.2) is 4.39 Å². The Labute approximate surface area is 123 Å². The Hall–Kier alpha value is -1.91. The first kappa shape index (κ1) is 15.5. The maximum atomic E-state index is 13.7. The van der Waals surface area contributed by atoms with Crippen LogP contribution in [0.1, 0.15) is 50.6 Å². The van der Waals surface area contributed by atoms with Gasteiger partial charge in [-0.2, -0.15) is 0 Å². The average molecular weight is 293 g/mol. The lowest BCUT2D eigenvalue weighted by molar-refractivity contribution is -0.151. The van der Waals surface area contributed by atoms with Crippen LogP contribution in [0.2, 0.25) is 0 Å². The molecule has 2 N–H and O–H groups in total. The molecule has 1 fully saturated rings. The number of hydrogen-bond acceptors (Lipinski definition) is 2. The summed E-state index contributed by atoms with van der Waals surface area (Å²) in [6.07, 6.45) is 2.69. The van der Waals surface area contributed by atoms with Crippen LogP contribution in [0.3, 0.4) is 0 Å². The van der Waals surface area contributed by atoms with Crippen LogP contribution in [-0.4, -0.2) is 17.0 Å². The van der Waals surface area contributed by atoms with Gasteiger partial charge in [-0.1, -0.05) is 31.0 Å². The minimum Gasteiger partial charge on any atom is -0.481 e. The summed E-state index contributed by atoms with van der Waals surface area (Å²) in [6.45, 7) is 1.69. The number of amides is 1. The van der Waals surface area contributed by atoms with E-state index in [2.05, 4.69) is 5.32 Å². The van der Waals surface area contributed by atoms with Crippen LogP contribution in [0.5, 0.6) is 0 Å². The number of carbonyl (C=O) groups excluding carboxylic acids is 1. The van der Waals surface area contributed by atoms with Crippen LogP contribution >= 0.6 is 0 Å². The van der Waals surface area contributed by atoms with E-state index < -0.39 is 17.4 Å². The molecule has 0 aliphatic heterocycles. The molecule has 1 saturated carbocycles. The van der Waals surface area contributed by atoms with Crippen molar-refractivity contribution in [3.8, 4) is 0 Å². The predicted octanol–water partition coefficient (Wildman–Crippen LogP) is 3.04. The van der Waals surface area contributed by atoms with E-state index in [0.29, 0.717) is 18.4 Å². The summed E-state index contributed by atoms with van der Waals surface area (Å²) in [4.78, 5) is 23.5. The van der Waals surface area contributed by atoms with E-state index in [9.17, 15) is 19.1 Å². The van der Waals surface area contributed by atoms with Gasteiger partial charge >= 0.3 is 5.97 Å². The highest BCUT2D eigenvalue weighted by atomic mass is 19.1. The summed E-state index contributed by atoms with van der Waals surface area (Å²) in [5.74, 6) is -1.62. The molecule has 0 spiro atoms. The quantitative estimate of drug-likeness (QED) is 0.877. The molecule has 0 radical (unpaired) electrons. The van der Waals surface area contributed by atoms with Crippen molar-refractivity contribution in [1.82, 2.24) is 5.32 Å². The summed E-state index contributed by atoms with van der Waals surface area (Å²) in [5.41, 5.74) is -0.541. The molecule has 1 atom stereocenters. The van der Waals surface area contributed by atoms with Crippen molar-refractivity contribution in [3.63, 3.8) is 0 Å². The maximum absolute atomic E-state index is 13.7. The van der Waals surface area contributed by atoms with Crippen LogP contribution in [0.15, 0.2) is 24.3 Å². The third-order valence-corrected chi connectivity index (χ3v) is 4.26. The van der Waals surface area contributed by atoms with Crippen molar-refractivity contribution >= 4 is 11.9 Å². The highest BCUT2D eigenvalue weighted by molar-refractivity contribution is 5.85. The first-order valence-electron chi connectivity index (χ1n) is 7.22. The largest absolute Gasteiger partial charge is 0.481 e. The highest BCUT2D eigenvalue weighted by Crippen LogP contribution is 2.41. The lowest BCUT2D eigenvalue weighted by atomic mass is 9.82. The Morgan fingerprint density at radius 2 is 1.95 bits per heavy atom. The van der Waals surface area contributed by atoms with E-state index in [0.717, 1.165) is 12.8 Å². The van der Waals surface area contributed by atoms with E-state index in [-0.39, 0.29) is 18.1 Å². The minimum atomic E-state index is -0.945. The number of carbonyl (C=O) groups is 2.